The summed E-state index contributed by atoms with van der Waals surface area (Å²) in [6, 6.07) is 3.57. The number of hydrogen-bond donors (Lipinski definition) is 1. The number of rotatable bonds is 4. The van der Waals surface area contributed by atoms with Gasteiger partial charge in [-0.15, -0.1) is 0 Å². The van der Waals surface area contributed by atoms with Gasteiger partial charge in [-0.05, 0) is 37.8 Å². The summed E-state index contributed by atoms with van der Waals surface area (Å²) >= 11 is 0. The number of nitrogens with zero attached hydrogens (tertiary/aromatic N) is 2. The molecule has 3 rings (SSSR count). The van der Waals surface area contributed by atoms with Crippen LogP contribution in [0.5, 0.6) is 0 Å². The molecular formula is C16H17F2N3O2. The molecule has 5 nitrogen and oxygen atoms in total. The molecule has 0 bridgehead atoms. The van der Waals surface area contributed by atoms with Gasteiger partial charge in [-0.2, -0.15) is 4.98 Å². The van der Waals surface area contributed by atoms with Crippen LogP contribution in [-0.4, -0.2) is 16.0 Å². The van der Waals surface area contributed by atoms with E-state index in [0.717, 1.165) is 6.07 Å². The van der Waals surface area contributed by atoms with Gasteiger partial charge in [-0.3, -0.25) is 4.79 Å². The van der Waals surface area contributed by atoms with Crippen molar-refractivity contribution in [1.82, 2.24) is 15.5 Å². The van der Waals surface area contributed by atoms with Gasteiger partial charge in [0.05, 0.1) is 5.54 Å². The lowest BCUT2D eigenvalue weighted by atomic mass is 10.1. The average Bonchev–Trinajstić information content (AvgIpc) is 3.04. The fourth-order valence-electron chi connectivity index (χ4n) is 2.75. The molecular weight excluding hydrogens is 304 g/mol. The van der Waals surface area contributed by atoms with E-state index >= 15 is 0 Å². The Hall–Kier alpha value is -2.31. The van der Waals surface area contributed by atoms with Crippen LogP contribution >= 0.6 is 0 Å². The summed E-state index contributed by atoms with van der Waals surface area (Å²) in [4.78, 5) is 15.5. The minimum absolute atomic E-state index is 0.0793. The first-order chi connectivity index (χ1) is 10.8. The predicted octanol–water partition coefficient (Wildman–Crippen LogP) is 2.99. The van der Waals surface area contributed by atoms with Crippen LogP contribution in [0.25, 0.3) is 0 Å². The van der Waals surface area contributed by atoms with Gasteiger partial charge in [-0.25, -0.2) is 8.78 Å². The molecule has 1 N–H and O–H groups in total. The topological polar surface area (TPSA) is 68.0 Å². The third-order valence-corrected chi connectivity index (χ3v) is 3.96. The number of carbonyl (C=O) groups is 1. The Morgan fingerprint density at radius 2 is 2.09 bits per heavy atom. The van der Waals surface area contributed by atoms with Crippen LogP contribution in [0.2, 0.25) is 0 Å². The molecule has 0 radical (unpaired) electrons. The zero-order valence-electron chi connectivity index (χ0n) is 13.1. The van der Waals surface area contributed by atoms with Gasteiger partial charge < -0.3 is 9.84 Å². The third-order valence-electron chi connectivity index (χ3n) is 3.96. The van der Waals surface area contributed by atoms with Crippen LogP contribution in [-0.2, 0) is 10.3 Å². The first-order valence-corrected chi connectivity index (χ1v) is 7.35. The van der Waals surface area contributed by atoms with Gasteiger partial charge >= 0.3 is 0 Å². The fraction of sp³-hybridized carbons (Fsp3) is 0.438. The molecule has 0 aliphatic heterocycles. The van der Waals surface area contributed by atoms with E-state index < -0.39 is 17.2 Å². The normalized spacial score (nSPS) is 20.4. The maximum Gasteiger partial charge on any atom is 0.230 e. The number of amides is 1. The minimum atomic E-state index is -0.751. The Labute approximate surface area is 132 Å². The number of benzene rings is 1. The van der Waals surface area contributed by atoms with Crippen LogP contribution < -0.4 is 5.32 Å². The van der Waals surface area contributed by atoms with Crippen molar-refractivity contribution in [3.63, 3.8) is 0 Å². The first-order valence-electron chi connectivity index (χ1n) is 7.35. The Balaban J connectivity index is 1.77. The highest BCUT2D eigenvalue weighted by atomic mass is 19.1. The van der Waals surface area contributed by atoms with Crippen LogP contribution in [0, 0.1) is 11.6 Å². The van der Waals surface area contributed by atoms with E-state index in [1.807, 2.05) is 0 Å². The molecule has 0 spiro atoms. The fourth-order valence-corrected chi connectivity index (χ4v) is 2.75. The number of aromatic nitrogens is 2. The van der Waals surface area contributed by atoms with Crippen molar-refractivity contribution in [1.29, 1.82) is 0 Å². The molecule has 1 aromatic heterocycles. The second-order valence-electron chi connectivity index (χ2n) is 6.38. The second-order valence-corrected chi connectivity index (χ2v) is 6.38. The molecule has 122 valence electrons. The van der Waals surface area contributed by atoms with Crippen molar-refractivity contribution in [2.45, 2.75) is 44.6 Å². The molecule has 1 aliphatic carbocycles. The van der Waals surface area contributed by atoms with Crippen molar-refractivity contribution in [2.24, 2.45) is 0 Å². The van der Waals surface area contributed by atoms with E-state index in [0.29, 0.717) is 23.7 Å². The summed E-state index contributed by atoms with van der Waals surface area (Å²) in [7, 11) is 0. The van der Waals surface area contributed by atoms with Gasteiger partial charge in [0.2, 0.25) is 11.8 Å². The number of carbonyl (C=O) groups excluding carboxylic acids is 1. The zero-order chi connectivity index (χ0) is 16.8. The Bertz CT molecular complexity index is 758. The minimum Gasteiger partial charge on any atom is -0.344 e. The molecule has 1 aliphatic rings. The number of halogens is 2. The molecule has 0 saturated heterocycles. The molecule has 1 aromatic carbocycles. The Morgan fingerprint density at radius 1 is 1.35 bits per heavy atom. The maximum atomic E-state index is 13.8. The molecule has 1 saturated carbocycles. The summed E-state index contributed by atoms with van der Waals surface area (Å²) in [5.41, 5.74) is -0.295. The first kappa shape index (κ1) is 15.6. The zero-order valence-corrected chi connectivity index (χ0v) is 13.1. The summed E-state index contributed by atoms with van der Waals surface area (Å²) in [6.45, 7) is 4.96. The molecule has 2 atom stereocenters. The van der Waals surface area contributed by atoms with Crippen molar-refractivity contribution in [2.75, 3.05) is 0 Å². The largest absolute Gasteiger partial charge is 0.344 e. The van der Waals surface area contributed by atoms with Crippen LogP contribution in [0.15, 0.2) is 22.7 Å². The molecule has 0 unspecified atom stereocenters. The smallest absolute Gasteiger partial charge is 0.230 e. The van der Waals surface area contributed by atoms with E-state index in [2.05, 4.69) is 15.5 Å². The average molecular weight is 321 g/mol. The lowest BCUT2D eigenvalue weighted by Crippen LogP contribution is -2.40. The highest BCUT2D eigenvalue weighted by Gasteiger charge is 2.45. The second kappa shape index (κ2) is 5.40. The monoisotopic (exact) mass is 321 g/mol. The summed E-state index contributed by atoms with van der Waals surface area (Å²) in [5.74, 6) is -0.743. The number of hydrogen-bond acceptors (Lipinski definition) is 4. The van der Waals surface area contributed by atoms with Crippen molar-refractivity contribution < 1.29 is 18.1 Å². The molecule has 1 fully saturated rings. The van der Waals surface area contributed by atoms with E-state index in [9.17, 15) is 13.6 Å². The van der Waals surface area contributed by atoms with Crippen molar-refractivity contribution in [3.05, 3.63) is 47.1 Å². The van der Waals surface area contributed by atoms with Crippen LogP contribution in [0.4, 0.5) is 8.78 Å². The SMILES string of the molecule is CC(=O)NC(C)(C)c1noc([C@H]2C[C@H]2c2ccc(F)cc2F)n1. The molecule has 7 heteroatoms. The highest BCUT2D eigenvalue weighted by Crippen LogP contribution is 2.54. The van der Waals surface area contributed by atoms with Crippen molar-refractivity contribution in [3.8, 4) is 0 Å². The standard InChI is InChI=1S/C16H17F2N3O2/c1-8(22)20-16(2,3)15-19-14(23-21-15)12-7-11(12)10-5-4-9(17)6-13(10)18/h4-6,11-12H,7H2,1-3H3,(H,20,22)/t11-,12-/m0/s1. The van der Waals surface area contributed by atoms with Gasteiger partial charge in [0.1, 0.15) is 11.6 Å². The van der Waals surface area contributed by atoms with Crippen molar-refractivity contribution >= 4 is 5.91 Å². The quantitative estimate of drug-likeness (QED) is 0.940. The third kappa shape index (κ3) is 3.09. The molecule has 1 heterocycles. The van der Waals surface area contributed by atoms with E-state index in [1.54, 1.807) is 13.8 Å². The van der Waals surface area contributed by atoms with E-state index in [1.165, 1.54) is 19.1 Å². The Morgan fingerprint density at radius 3 is 2.74 bits per heavy atom. The van der Waals surface area contributed by atoms with Gasteiger partial charge in [-0.1, -0.05) is 11.2 Å². The van der Waals surface area contributed by atoms with Gasteiger partial charge in [0.15, 0.2) is 5.82 Å². The molecule has 1 amide bonds. The van der Waals surface area contributed by atoms with Crippen LogP contribution in [0.1, 0.15) is 56.3 Å². The lowest BCUT2D eigenvalue weighted by molar-refractivity contribution is -0.120. The maximum absolute atomic E-state index is 13.8. The number of nitrogens with one attached hydrogen (secondary N) is 1. The van der Waals surface area contributed by atoms with E-state index in [-0.39, 0.29) is 17.7 Å². The summed E-state index contributed by atoms with van der Waals surface area (Å²) in [6.07, 6.45) is 0.671. The predicted molar refractivity (Wildman–Crippen MR) is 77.6 cm³/mol. The molecule has 23 heavy (non-hydrogen) atoms. The summed E-state index contributed by atoms with van der Waals surface area (Å²) < 4.78 is 32.1. The highest BCUT2D eigenvalue weighted by molar-refractivity contribution is 5.73. The van der Waals surface area contributed by atoms with Crippen LogP contribution in [0.3, 0.4) is 0 Å². The van der Waals surface area contributed by atoms with E-state index in [4.69, 9.17) is 4.52 Å². The van der Waals surface area contributed by atoms with Gasteiger partial charge in [0.25, 0.3) is 0 Å². The Kier molecular flexibility index (Phi) is 3.66. The molecule has 2 aromatic rings. The van der Waals surface area contributed by atoms with Gasteiger partial charge in [0, 0.05) is 18.9 Å². The summed E-state index contributed by atoms with van der Waals surface area (Å²) in [5, 5.41) is 6.65. The lowest BCUT2D eigenvalue weighted by Gasteiger charge is -2.20.